The predicted octanol–water partition coefficient (Wildman–Crippen LogP) is -0.0659. The number of amides is 1. The van der Waals surface area contributed by atoms with Crippen molar-refractivity contribution < 1.29 is 4.79 Å². The van der Waals surface area contributed by atoms with Crippen LogP contribution < -0.4 is 11.1 Å². The molecule has 0 atom stereocenters. The Hall–Kier alpha value is -0.610. The summed E-state index contributed by atoms with van der Waals surface area (Å²) in [5.74, 6) is 0.108. The summed E-state index contributed by atoms with van der Waals surface area (Å²) in [6.07, 6.45) is 2.27. The highest BCUT2D eigenvalue weighted by atomic mass is 16.2. The molecule has 82 valence electrons. The van der Waals surface area contributed by atoms with E-state index in [2.05, 4.69) is 5.32 Å². The fourth-order valence-electron chi connectivity index (χ4n) is 1.09. The van der Waals surface area contributed by atoms with Crippen molar-refractivity contribution in [3.05, 3.63) is 0 Å². The minimum absolute atomic E-state index is 0.108. The molecule has 3 N–H and O–H groups in total. The van der Waals surface area contributed by atoms with Gasteiger partial charge in [-0.3, -0.25) is 9.69 Å². The fourth-order valence-corrected chi connectivity index (χ4v) is 1.09. The highest BCUT2D eigenvalue weighted by Gasteiger charge is 2.27. The van der Waals surface area contributed by atoms with E-state index in [1.54, 1.807) is 0 Å². The summed E-state index contributed by atoms with van der Waals surface area (Å²) < 4.78 is 0. The van der Waals surface area contributed by atoms with Crippen LogP contribution in [0.2, 0.25) is 0 Å². The van der Waals surface area contributed by atoms with Gasteiger partial charge in [0.25, 0.3) is 0 Å². The van der Waals surface area contributed by atoms with Crippen molar-refractivity contribution in [1.82, 2.24) is 10.2 Å². The van der Waals surface area contributed by atoms with Gasteiger partial charge in [-0.15, -0.1) is 0 Å². The lowest BCUT2D eigenvalue weighted by molar-refractivity contribution is -0.123. The SMILES string of the molecule is CN(CC(=O)NC1CC1)C(C)(C)CN. The molecule has 4 nitrogen and oxygen atoms in total. The number of rotatable bonds is 5. The Morgan fingerprint density at radius 1 is 1.57 bits per heavy atom. The quantitative estimate of drug-likeness (QED) is 0.652. The molecule has 0 heterocycles. The van der Waals surface area contributed by atoms with Gasteiger partial charge in [0.15, 0.2) is 0 Å². The molecule has 0 aromatic carbocycles. The monoisotopic (exact) mass is 199 g/mol. The summed E-state index contributed by atoms with van der Waals surface area (Å²) in [4.78, 5) is 13.5. The van der Waals surface area contributed by atoms with Gasteiger partial charge in [-0.05, 0) is 33.7 Å². The van der Waals surface area contributed by atoms with E-state index in [4.69, 9.17) is 5.73 Å². The van der Waals surface area contributed by atoms with Gasteiger partial charge in [-0.25, -0.2) is 0 Å². The third kappa shape index (κ3) is 3.27. The summed E-state index contributed by atoms with van der Waals surface area (Å²) in [5.41, 5.74) is 5.51. The zero-order valence-corrected chi connectivity index (χ0v) is 9.34. The van der Waals surface area contributed by atoms with E-state index in [9.17, 15) is 4.79 Å². The number of hydrogen-bond acceptors (Lipinski definition) is 3. The normalized spacial score (nSPS) is 17.2. The van der Waals surface area contributed by atoms with Crippen molar-refractivity contribution in [3.63, 3.8) is 0 Å². The molecular formula is C10H21N3O. The summed E-state index contributed by atoms with van der Waals surface area (Å²) in [5, 5.41) is 2.96. The van der Waals surface area contributed by atoms with Crippen LogP contribution in [-0.2, 0) is 4.79 Å². The Kier molecular flexibility index (Phi) is 3.50. The predicted molar refractivity (Wildman–Crippen MR) is 56.9 cm³/mol. The molecule has 0 aliphatic heterocycles. The van der Waals surface area contributed by atoms with Gasteiger partial charge in [0.05, 0.1) is 6.54 Å². The average molecular weight is 199 g/mol. The second-order valence-electron chi connectivity index (χ2n) is 4.71. The molecule has 1 saturated carbocycles. The Balaban J connectivity index is 2.30. The maximum absolute atomic E-state index is 11.5. The third-order valence-electron chi connectivity index (χ3n) is 2.86. The van der Waals surface area contributed by atoms with Crippen LogP contribution in [0, 0.1) is 0 Å². The van der Waals surface area contributed by atoms with Crippen LogP contribution in [0.15, 0.2) is 0 Å². The van der Waals surface area contributed by atoms with Crippen molar-refractivity contribution in [2.75, 3.05) is 20.1 Å². The van der Waals surface area contributed by atoms with Crippen molar-refractivity contribution in [1.29, 1.82) is 0 Å². The molecule has 1 fully saturated rings. The second kappa shape index (κ2) is 4.28. The molecule has 0 radical (unpaired) electrons. The molecule has 1 aliphatic carbocycles. The first-order valence-electron chi connectivity index (χ1n) is 5.16. The second-order valence-corrected chi connectivity index (χ2v) is 4.71. The molecule has 14 heavy (non-hydrogen) atoms. The Morgan fingerprint density at radius 2 is 2.14 bits per heavy atom. The van der Waals surface area contributed by atoms with E-state index >= 15 is 0 Å². The van der Waals surface area contributed by atoms with Crippen LogP contribution in [0.1, 0.15) is 26.7 Å². The summed E-state index contributed by atoms with van der Waals surface area (Å²) in [6.45, 7) is 5.07. The largest absolute Gasteiger partial charge is 0.352 e. The summed E-state index contributed by atoms with van der Waals surface area (Å²) >= 11 is 0. The van der Waals surface area contributed by atoms with E-state index in [0.29, 0.717) is 19.1 Å². The van der Waals surface area contributed by atoms with E-state index in [1.807, 2.05) is 25.8 Å². The molecule has 1 rings (SSSR count). The van der Waals surface area contributed by atoms with E-state index in [-0.39, 0.29) is 11.4 Å². The zero-order chi connectivity index (χ0) is 10.8. The van der Waals surface area contributed by atoms with Crippen LogP contribution >= 0.6 is 0 Å². The van der Waals surface area contributed by atoms with Gasteiger partial charge in [-0.2, -0.15) is 0 Å². The molecule has 1 amide bonds. The first kappa shape index (κ1) is 11.5. The van der Waals surface area contributed by atoms with Gasteiger partial charge < -0.3 is 11.1 Å². The average Bonchev–Trinajstić information content (AvgIpc) is 2.88. The molecule has 0 spiro atoms. The van der Waals surface area contributed by atoms with Crippen LogP contribution in [0.5, 0.6) is 0 Å². The lowest BCUT2D eigenvalue weighted by Crippen LogP contribution is -2.50. The maximum atomic E-state index is 11.5. The lowest BCUT2D eigenvalue weighted by atomic mass is 10.0. The molecule has 0 unspecified atom stereocenters. The summed E-state index contributed by atoms with van der Waals surface area (Å²) in [6, 6.07) is 0.442. The van der Waals surface area contributed by atoms with Crippen LogP contribution in [-0.4, -0.2) is 42.5 Å². The van der Waals surface area contributed by atoms with E-state index in [0.717, 1.165) is 12.8 Å². The minimum atomic E-state index is -0.110. The topological polar surface area (TPSA) is 58.4 Å². The Bertz CT molecular complexity index is 211. The van der Waals surface area contributed by atoms with Crippen LogP contribution in [0.4, 0.5) is 0 Å². The molecule has 0 bridgehead atoms. The van der Waals surface area contributed by atoms with E-state index < -0.39 is 0 Å². The van der Waals surface area contributed by atoms with Crippen LogP contribution in [0.3, 0.4) is 0 Å². The first-order chi connectivity index (χ1) is 6.45. The molecule has 0 aromatic heterocycles. The highest BCUT2D eigenvalue weighted by molar-refractivity contribution is 5.78. The van der Waals surface area contributed by atoms with E-state index in [1.165, 1.54) is 0 Å². The van der Waals surface area contributed by atoms with Gasteiger partial charge >= 0.3 is 0 Å². The number of carbonyl (C=O) groups is 1. The number of hydrogen-bond donors (Lipinski definition) is 2. The summed E-state index contributed by atoms with van der Waals surface area (Å²) in [7, 11) is 1.93. The number of nitrogens with two attached hydrogens (primary N) is 1. The third-order valence-corrected chi connectivity index (χ3v) is 2.86. The Labute approximate surface area is 85.8 Å². The maximum Gasteiger partial charge on any atom is 0.234 e. The smallest absolute Gasteiger partial charge is 0.234 e. The van der Waals surface area contributed by atoms with Crippen molar-refractivity contribution in [3.8, 4) is 0 Å². The molecule has 1 aliphatic rings. The van der Waals surface area contributed by atoms with Gasteiger partial charge in [0.1, 0.15) is 0 Å². The van der Waals surface area contributed by atoms with Crippen molar-refractivity contribution >= 4 is 5.91 Å². The van der Waals surface area contributed by atoms with Gasteiger partial charge in [0, 0.05) is 18.1 Å². The van der Waals surface area contributed by atoms with Gasteiger partial charge in [0.2, 0.25) is 5.91 Å². The van der Waals surface area contributed by atoms with Crippen molar-refractivity contribution in [2.24, 2.45) is 5.73 Å². The molecule has 0 aromatic rings. The number of nitrogens with zero attached hydrogens (tertiary/aromatic N) is 1. The Morgan fingerprint density at radius 3 is 2.57 bits per heavy atom. The molecule has 4 heteroatoms. The number of nitrogens with one attached hydrogen (secondary N) is 1. The number of likely N-dealkylation sites (N-methyl/N-ethyl adjacent to an activating group) is 1. The minimum Gasteiger partial charge on any atom is -0.352 e. The first-order valence-corrected chi connectivity index (χ1v) is 5.16. The van der Waals surface area contributed by atoms with Crippen molar-refractivity contribution in [2.45, 2.75) is 38.3 Å². The fraction of sp³-hybridized carbons (Fsp3) is 0.900. The standard InChI is InChI=1S/C10H21N3O/c1-10(2,7-11)13(3)6-9(14)12-8-4-5-8/h8H,4-7,11H2,1-3H3,(H,12,14). The molecular weight excluding hydrogens is 178 g/mol. The zero-order valence-electron chi connectivity index (χ0n) is 9.34. The van der Waals surface area contributed by atoms with Gasteiger partial charge in [-0.1, -0.05) is 0 Å². The molecule has 0 saturated heterocycles. The van der Waals surface area contributed by atoms with Crippen LogP contribution in [0.25, 0.3) is 0 Å². The highest BCUT2D eigenvalue weighted by Crippen LogP contribution is 2.18. The lowest BCUT2D eigenvalue weighted by Gasteiger charge is -2.33. The number of carbonyl (C=O) groups excluding carboxylic acids is 1.